The minimum absolute atomic E-state index is 0.0552. The molecule has 0 saturated carbocycles. The van der Waals surface area contributed by atoms with E-state index >= 15 is 0 Å². The molecule has 1 heterocycles. The first kappa shape index (κ1) is 24.7. The molecule has 3 aromatic carbocycles. The summed E-state index contributed by atoms with van der Waals surface area (Å²) >= 11 is 0. The number of benzene rings is 3. The van der Waals surface area contributed by atoms with E-state index in [1.165, 1.54) is 13.2 Å². The Morgan fingerprint density at radius 3 is 2.28 bits per heavy atom. The smallest absolute Gasteiger partial charge is 0.306 e. The number of esters is 1. The van der Waals surface area contributed by atoms with Gasteiger partial charge >= 0.3 is 5.97 Å². The summed E-state index contributed by atoms with van der Waals surface area (Å²) in [5.41, 5.74) is 0.226. The van der Waals surface area contributed by atoms with E-state index < -0.39 is 34.6 Å². The van der Waals surface area contributed by atoms with Gasteiger partial charge in [-0.1, -0.05) is 48.5 Å². The minimum Gasteiger partial charge on any atom is -0.504 e. The van der Waals surface area contributed by atoms with E-state index in [1.54, 1.807) is 48.5 Å². The van der Waals surface area contributed by atoms with E-state index in [0.717, 1.165) is 0 Å². The highest BCUT2D eigenvalue weighted by molar-refractivity contribution is 5.93. The Kier molecular flexibility index (Phi) is 6.87. The van der Waals surface area contributed by atoms with Crippen LogP contribution in [0.4, 0.5) is 0 Å². The second-order valence-corrected chi connectivity index (χ2v) is 8.54. The Labute approximate surface area is 207 Å². The normalized spacial score (nSPS) is 12.0. The van der Waals surface area contributed by atoms with Gasteiger partial charge in [0.05, 0.1) is 19.6 Å². The summed E-state index contributed by atoms with van der Waals surface area (Å²) < 4.78 is 16.9. The average Bonchev–Trinajstić information content (AvgIpc) is 2.87. The van der Waals surface area contributed by atoms with Gasteiger partial charge in [-0.05, 0) is 19.9 Å². The molecular formula is C28H26O8. The van der Waals surface area contributed by atoms with Gasteiger partial charge in [0.2, 0.25) is 5.75 Å². The van der Waals surface area contributed by atoms with Crippen LogP contribution in [0.1, 0.15) is 37.3 Å². The molecule has 0 aliphatic rings. The monoisotopic (exact) mass is 490 g/mol. The largest absolute Gasteiger partial charge is 0.504 e. The van der Waals surface area contributed by atoms with Crippen molar-refractivity contribution in [2.24, 2.45) is 0 Å². The maximum atomic E-state index is 13.1. The van der Waals surface area contributed by atoms with E-state index in [-0.39, 0.29) is 34.8 Å². The Morgan fingerprint density at radius 1 is 0.944 bits per heavy atom. The summed E-state index contributed by atoms with van der Waals surface area (Å²) in [7, 11) is 1.23. The van der Waals surface area contributed by atoms with E-state index in [1.807, 2.05) is 19.9 Å². The summed E-state index contributed by atoms with van der Waals surface area (Å²) in [6, 6.07) is 16.9. The SMILES string of the molecule is COC(=O)C[C@@H](c1ccccc1OC(C)C)c1c(O)c(O)c(O)c2c(=O)cc(-c3ccccc3)oc12. The van der Waals surface area contributed by atoms with Gasteiger partial charge in [-0.25, -0.2) is 0 Å². The molecule has 0 spiro atoms. The van der Waals surface area contributed by atoms with Crippen molar-refractivity contribution < 1.29 is 34.0 Å². The minimum atomic E-state index is -0.962. The van der Waals surface area contributed by atoms with Crippen LogP contribution in [-0.4, -0.2) is 34.5 Å². The number of rotatable bonds is 7. The fourth-order valence-corrected chi connectivity index (χ4v) is 4.19. The van der Waals surface area contributed by atoms with Crippen molar-refractivity contribution in [1.29, 1.82) is 0 Å². The summed E-state index contributed by atoms with van der Waals surface area (Å²) in [4.78, 5) is 25.6. The van der Waals surface area contributed by atoms with Gasteiger partial charge < -0.3 is 29.2 Å². The van der Waals surface area contributed by atoms with Crippen LogP contribution in [0.5, 0.6) is 23.0 Å². The lowest BCUT2D eigenvalue weighted by Gasteiger charge is -2.23. The van der Waals surface area contributed by atoms with Crippen LogP contribution in [0.25, 0.3) is 22.3 Å². The molecule has 8 nitrogen and oxygen atoms in total. The molecule has 3 N–H and O–H groups in total. The Morgan fingerprint density at radius 2 is 1.61 bits per heavy atom. The lowest BCUT2D eigenvalue weighted by Crippen LogP contribution is -2.15. The first-order valence-corrected chi connectivity index (χ1v) is 11.3. The van der Waals surface area contributed by atoms with Crippen molar-refractivity contribution in [3.05, 3.63) is 82.0 Å². The number of hydrogen-bond donors (Lipinski definition) is 3. The molecule has 1 aromatic heterocycles. The molecule has 0 bridgehead atoms. The molecule has 0 saturated heterocycles. The predicted molar refractivity (Wildman–Crippen MR) is 134 cm³/mol. The topological polar surface area (TPSA) is 126 Å². The summed E-state index contributed by atoms with van der Waals surface area (Å²) in [6.45, 7) is 3.69. The van der Waals surface area contributed by atoms with Crippen molar-refractivity contribution in [3.8, 4) is 34.3 Å². The van der Waals surface area contributed by atoms with Crippen LogP contribution in [0.2, 0.25) is 0 Å². The summed E-state index contributed by atoms with van der Waals surface area (Å²) in [6.07, 6.45) is -0.479. The van der Waals surface area contributed by atoms with Gasteiger partial charge in [0.15, 0.2) is 16.9 Å². The maximum Gasteiger partial charge on any atom is 0.306 e. The second kappa shape index (κ2) is 10.0. The van der Waals surface area contributed by atoms with Crippen LogP contribution in [0.3, 0.4) is 0 Å². The fraction of sp³-hybridized carbons (Fsp3) is 0.214. The number of carbonyl (C=O) groups is 1. The number of hydrogen-bond acceptors (Lipinski definition) is 8. The standard InChI is InChI=1S/C28H26O8/c1-15(2)35-20-12-8-7-11-17(20)18(13-22(30)34-3)23-25(31)27(33)26(32)24-19(29)14-21(36-28(23)24)16-9-5-4-6-10-16/h4-12,14-15,18,31-33H,13H2,1-3H3/t18-/m0/s1. The molecule has 1 atom stereocenters. The third-order valence-corrected chi connectivity index (χ3v) is 5.80. The Bertz CT molecular complexity index is 1470. The zero-order valence-corrected chi connectivity index (χ0v) is 20.0. The number of phenols is 3. The highest BCUT2D eigenvalue weighted by Crippen LogP contribution is 2.50. The van der Waals surface area contributed by atoms with E-state index in [9.17, 15) is 24.9 Å². The molecule has 36 heavy (non-hydrogen) atoms. The molecule has 4 rings (SSSR count). The van der Waals surface area contributed by atoms with Crippen molar-refractivity contribution in [2.75, 3.05) is 7.11 Å². The van der Waals surface area contributed by atoms with Gasteiger partial charge in [-0.15, -0.1) is 0 Å². The van der Waals surface area contributed by atoms with Crippen LogP contribution in [0.15, 0.2) is 69.9 Å². The lowest BCUT2D eigenvalue weighted by molar-refractivity contribution is -0.140. The molecule has 0 aliphatic heterocycles. The first-order chi connectivity index (χ1) is 17.2. The van der Waals surface area contributed by atoms with Crippen LogP contribution < -0.4 is 10.2 Å². The highest BCUT2D eigenvalue weighted by Gasteiger charge is 2.32. The quantitative estimate of drug-likeness (QED) is 0.242. The lowest BCUT2D eigenvalue weighted by atomic mass is 9.85. The number of para-hydroxylation sites is 1. The van der Waals surface area contributed by atoms with Crippen molar-refractivity contribution >= 4 is 16.9 Å². The second-order valence-electron chi connectivity index (χ2n) is 8.54. The molecule has 0 fully saturated rings. The molecule has 186 valence electrons. The predicted octanol–water partition coefficient (Wildman–Crippen LogP) is 5.06. The number of ether oxygens (including phenoxy) is 2. The molecular weight excluding hydrogens is 464 g/mol. The van der Waals surface area contributed by atoms with Crippen molar-refractivity contribution in [2.45, 2.75) is 32.3 Å². The highest BCUT2D eigenvalue weighted by atomic mass is 16.5. The number of methoxy groups -OCH3 is 1. The summed E-state index contributed by atoms with van der Waals surface area (Å²) in [5.74, 6) is -3.39. The number of phenolic OH excluding ortho intramolecular Hbond substituents is 3. The zero-order valence-electron chi connectivity index (χ0n) is 20.0. The molecule has 0 aliphatic carbocycles. The van der Waals surface area contributed by atoms with Crippen LogP contribution in [-0.2, 0) is 9.53 Å². The van der Waals surface area contributed by atoms with Crippen LogP contribution >= 0.6 is 0 Å². The van der Waals surface area contributed by atoms with Gasteiger partial charge in [0, 0.05) is 28.7 Å². The number of fused-ring (bicyclic) bond motifs is 1. The Hall–Kier alpha value is -4.46. The maximum absolute atomic E-state index is 13.1. The van der Waals surface area contributed by atoms with Gasteiger partial charge in [-0.3, -0.25) is 9.59 Å². The zero-order chi connectivity index (χ0) is 26.0. The molecule has 0 unspecified atom stereocenters. The van der Waals surface area contributed by atoms with Gasteiger partial charge in [0.1, 0.15) is 22.5 Å². The number of aromatic hydroxyl groups is 3. The first-order valence-electron chi connectivity index (χ1n) is 11.3. The van der Waals surface area contributed by atoms with Crippen molar-refractivity contribution in [1.82, 2.24) is 0 Å². The van der Waals surface area contributed by atoms with E-state index in [0.29, 0.717) is 16.9 Å². The summed E-state index contributed by atoms with van der Waals surface area (Å²) in [5, 5.41) is 31.9. The molecule has 0 amide bonds. The van der Waals surface area contributed by atoms with Gasteiger partial charge in [-0.2, -0.15) is 0 Å². The van der Waals surface area contributed by atoms with Gasteiger partial charge in [0.25, 0.3) is 0 Å². The Balaban J connectivity index is 2.10. The van der Waals surface area contributed by atoms with E-state index in [4.69, 9.17) is 13.9 Å². The number of carbonyl (C=O) groups excluding carboxylic acids is 1. The van der Waals surface area contributed by atoms with E-state index in [2.05, 4.69) is 0 Å². The molecule has 0 radical (unpaired) electrons. The average molecular weight is 491 g/mol. The van der Waals surface area contributed by atoms with Crippen molar-refractivity contribution in [3.63, 3.8) is 0 Å². The fourth-order valence-electron chi connectivity index (χ4n) is 4.19. The third-order valence-electron chi connectivity index (χ3n) is 5.80. The van der Waals surface area contributed by atoms with Crippen LogP contribution in [0, 0.1) is 0 Å². The third kappa shape index (κ3) is 4.57. The molecule has 8 heteroatoms. The molecule has 4 aromatic rings.